The van der Waals surface area contributed by atoms with Gasteiger partial charge in [-0.05, 0) is 48.9 Å². The second-order valence-electron chi connectivity index (χ2n) is 6.83. The van der Waals surface area contributed by atoms with Crippen molar-refractivity contribution in [2.75, 3.05) is 13.1 Å². The Hall–Kier alpha value is -2.93. The highest BCUT2D eigenvalue weighted by Gasteiger charge is 2.31. The second kappa shape index (κ2) is 6.91. The minimum Gasteiger partial charge on any atom is -0.461 e. The van der Waals surface area contributed by atoms with Gasteiger partial charge >= 0.3 is 0 Å². The first-order valence-electron chi connectivity index (χ1n) is 9.12. The lowest BCUT2D eigenvalue weighted by Gasteiger charge is -2.18. The number of fused-ring (bicyclic) bond motifs is 1. The second-order valence-corrected chi connectivity index (χ2v) is 7.75. The molecule has 1 amide bonds. The lowest BCUT2D eigenvalue weighted by molar-refractivity contribution is 0.0788. The number of halogens is 1. The molecule has 0 aliphatic carbocycles. The zero-order chi connectivity index (χ0) is 19.1. The maximum atomic E-state index is 12.9. The highest BCUT2D eigenvalue weighted by Crippen LogP contribution is 2.32. The van der Waals surface area contributed by atoms with Gasteiger partial charge in [-0.1, -0.05) is 22.0 Å². The molecule has 0 bridgehead atoms. The van der Waals surface area contributed by atoms with Crippen LogP contribution < -0.4 is 0 Å². The fraction of sp³-hybridized carbons (Fsp3) is 0.190. The molecule has 1 aliphatic heterocycles. The number of amides is 1. The van der Waals surface area contributed by atoms with Crippen molar-refractivity contribution in [2.45, 2.75) is 12.5 Å². The van der Waals surface area contributed by atoms with E-state index in [-0.39, 0.29) is 11.9 Å². The summed E-state index contributed by atoms with van der Waals surface area (Å²) < 4.78 is 8.62. The van der Waals surface area contributed by atoms with Gasteiger partial charge in [0.2, 0.25) is 0 Å². The fourth-order valence-corrected chi connectivity index (χ4v) is 4.20. The Kier molecular flexibility index (Phi) is 4.24. The van der Waals surface area contributed by atoms with Crippen molar-refractivity contribution >= 4 is 33.0 Å². The first kappa shape index (κ1) is 17.2. The van der Waals surface area contributed by atoms with Crippen LogP contribution in [-0.2, 0) is 0 Å². The number of likely N-dealkylation sites (tertiary alicyclic amines) is 1. The first-order valence-corrected chi connectivity index (χ1v) is 9.91. The summed E-state index contributed by atoms with van der Waals surface area (Å²) in [5, 5.41) is 0. The van der Waals surface area contributed by atoms with Crippen molar-refractivity contribution in [2.24, 2.45) is 0 Å². The molecule has 1 aromatic carbocycles. The number of carbonyl (C=O) groups excluding carboxylic acids is 1. The summed E-state index contributed by atoms with van der Waals surface area (Å²) in [5.74, 6) is 1.50. The van der Waals surface area contributed by atoms with Gasteiger partial charge in [0.15, 0.2) is 17.2 Å². The van der Waals surface area contributed by atoms with Gasteiger partial charge in [-0.15, -0.1) is 0 Å². The van der Waals surface area contributed by atoms with E-state index in [1.807, 2.05) is 53.4 Å². The number of furan rings is 1. The maximum absolute atomic E-state index is 12.9. The highest BCUT2D eigenvalue weighted by atomic mass is 79.9. The number of rotatable bonds is 3. The number of hydrogen-bond acceptors (Lipinski definition) is 4. The monoisotopic (exact) mass is 436 g/mol. The van der Waals surface area contributed by atoms with Crippen molar-refractivity contribution in [3.05, 3.63) is 71.0 Å². The quantitative estimate of drug-likeness (QED) is 0.472. The summed E-state index contributed by atoms with van der Waals surface area (Å²) in [6, 6.07) is 15.2. The van der Waals surface area contributed by atoms with E-state index in [0.29, 0.717) is 24.4 Å². The number of benzene rings is 1. The van der Waals surface area contributed by atoms with Gasteiger partial charge in [0.1, 0.15) is 5.52 Å². The number of carbonyl (C=O) groups is 1. The smallest absolute Gasteiger partial charge is 0.253 e. The third-order valence-electron chi connectivity index (χ3n) is 5.08. The molecule has 0 spiro atoms. The predicted octanol–water partition coefficient (Wildman–Crippen LogP) is 4.54. The van der Waals surface area contributed by atoms with E-state index >= 15 is 0 Å². The van der Waals surface area contributed by atoms with Crippen LogP contribution >= 0.6 is 15.9 Å². The summed E-state index contributed by atoms with van der Waals surface area (Å²) >= 11 is 3.44. The molecule has 4 heterocycles. The molecule has 5 rings (SSSR count). The summed E-state index contributed by atoms with van der Waals surface area (Å²) in [7, 11) is 0. The van der Waals surface area contributed by atoms with E-state index in [9.17, 15) is 4.79 Å². The molecule has 28 heavy (non-hydrogen) atoms. The highest BCUT2D eigenvalue weighted by molar-refractivity contribution is 9.10. The molecule has 0 saturated carbocycles. The average Bonchev–Trinajstić information content (AvgIpc) is 3.45. The standard InChI is InChI=1S/C21H17BrN4O2/c22-15-5-1-4-14(12-15)21(27)25-10-8-16(13-25)26-19-17(6-2-9-23-19)24-20(26)18-7-3-11-28-18/h1-7,9,11-12,16H,8,10,13H2. The molecule has 7 heteroatoms. The normalized spacial score (nSPS) is 16.8. The molecule has 0 radical (unpaired) electrons. The minimum absolute atomic E-state index is 0.0423. The molecule has 0 N–H and O–H groups in total. The van der Waals surface area contributed by atoms with Gasteiger partial charge in [-0.3, -0.25) is 4.79 Å². The topological polar surface area (TPSA) is 64.2 Å². The Morgan fingerprint density at radius 1 is 1.18 bits per heavy atom. The van der Waals surface area contributed by atoms with E-state index in [1.165, 1.54) is 0 Å². The van der Waals surface area contributed by atoms with Crippen LogP contribution in [0, 0.1) is 0 Å². The van der Waals surface area contributed by atoms with Crippen molar-refractivity contribution in [3.8, 4) is 11.6 Å². The fourth-order valence-electron chi connectivity index (χ4n) is 3.80. The number of pyridine rings is 1. The largest absolute Gasteiger partial charge is 0.461 e. The summed E-state index contributed by atoms with van der Waals surface area (Å²) in [6.07, 6.45) is 4.26. The number of imidazole rings is 1. The van der Waals surface area contributed by atoms with Gasteiger partial charge in [0, 0.05) is 29.3 Å². The van der Waals surface area contributed by atoms with Gasteiger partial charge in [-0.25, -0.2) is 9.97 Å². The number of aromatic nitrogens is 3. The number of hydrogen-bond donors (Lipinski definition) is 0. The van der Waals surface area contributed by atoms with Crippen LogP contribution in [0.1, 0.15) is 22.8 Å². The molecule has 4 aromatic rings. The molecule has 6 nitrogen and oxygen atoms in total. The summed E-state index contributed by atoms with van der Waals surface area (Å²) in [5.41, 5.74) is 2.33. The zero-order valence-electron chi connectivity index (χ0n) is 15.0. The lowest BCUT2D eigenvalue weighted by atomic mass is 10.2. The van der Waals surface area contributed by atoms with Crippen molar-refractivity contribution < 1.29 is 9.21 Å². The van der Waals surface area contributed by atoms with Crippen molar-refractivity contribution in [1.82, 2.24) is 19.4 Å². The van der Waals surface area contributed by atoms with Gasteiger partial charge in [0.05, 0.1) is 12.3 Å². The van der Waals surface area contributed by atoms with Crippen LogP contribution in [0.5, 0.6) is 0 Å². The van der Waals surface area contributed by atoms with E-state index in [4.69, 9.17) is 9.40 Å². The first-order chi connectivity index (χ1) is 13.7. The summed E-state index contributed by atoms with van der Waals surface area (Å²) in [4.78, 5) is 24.1. The molecule has 1 unspecified atom stereocenters. The Labute approximate surface area is 169 Å². The van der Waals surface area contributed by atoms with E-state index < -0.39 is 0 Å². The van der Waals surface area contributed by atoms with Gasteiger partial charge < -0.3 is 13.9 Å². The van der Waals surface area contributed by atoms with Crippen molar-refractivity contribution in [3.63, 3.8) is 0 Å². The van der Waals surface area contributed by atoms with Crippen LogP contribution in [0.25, 0.3) is 22.7 Å². The van der Waals surface area contributed by atoms with Crippen LogP contribution in [0.2, 0.25) is 0 Å². The molecule has 3 aromatic heterocycles. The Balaban J connectivity index is 1.50. The molecule has 1 saturated heterocycles. The summed E-state index contributed by atoms with van der Waals surface area (Å²) in [6.45, 7) is 1.31. The Morgan fingerprint density at radius 3 is 2.93 bits per heavy atom. The predicted molar refractivity (Wildman–Crippen MR) is 109 cm³/mol. The third-order valence-corrected chi connectivity index (χ3v) is 5.57. The van der Waals surface area contributed by atoms with Crippen LogP contribution in [-0.4, -0.2) is 38.4 Å². The van der Waals surface area contributed by atoms with Gasteiger partial charge in [0.25, 0.3) is 5.91 Å². The van der Waals surface area contributed by atoms with E-state index in [0.717, 1.165) is 27.9 Å². The van der Waals surface area contributed by atoms with Gasteiger partial charge in [-0.2, -0.15) is 0 Å². The molecular formula is C21H17BrN4O2. The van der Waals surface area contributed by atoms with Crippen molar-refractivity contribution in [1.29, 1.82) is 0 Å². The average molecular weight is 437 g/mol. The third kappa shape index (κ3) is 2.92. The maximum Gasteiger partial charge on any atom is 0.253 e. The zero-order valence-corrected chi connectivity index (χ0v) is 16.5. The van der Waals surface area contributed by atoms with Crippen LogP contribution in [0.3, 0.4) is 0 Å². The number of nitrogens with zero attached hydrogens (tertiary/aromatic N) is 4. The van der Waals surface area contributed by atoms with E-state index in [2.05, 4.69) is 25.5 Å². The van der Waals surface area contributed by atoms with Crippen LogP contribution in [0.4, 0.5) is 0 Å². The van der Waals surface area contributed by atoms with Crippen LogP contribution in [0.15, 0.2) is 69.9 Å². The SMILES string of the molecule is O=C(c1cccc(Br)c1)N1CCC(n2c(-c3ccco3)nc3cccnc32)C1. The minimum atomic E-state index is 0.0423. The van der Waals surface area contributed by atoms with E-state index in [1.54, 1.807) is 12.5 Å². The molecule has 140 valence electrons. The Morgan fingerprint density at radius 2 is 2.11 bits per heavy atom. The lowest BCUT2D eigenvalue weighted by Crippen LogP contribution is -2.29. The molecule has 1 atom stereocenters. The molecular weight excluding hydrogens is 420 g/mol. The molecule has 1 aliphatic rings. The molecule has 1 fully saturated rings. The Bertz CT molecular complexity index is 1150.